The van der Waals surface area contributed by atoms with E-state index in [1.54, 1.807) is 12.1 Å². The molecule has 0 bridgehead atoms. The lowest BCUT2D eigenvalue weighted by Gasteiger charge is -2.29. The summed E-state index contributed by atoms with van der Waals surface area (Å²) in [5, 5.41) is 7.19. The van der Waals surface area contributed by atoms with Crippen molar-refractivity contribution in [1.82, 2.24) is 10.6 Å². The summed E-state index contributed by atoms with van der Waals surface area (Å²) in [7, 11) is 0. The summed E-state index contributed by atoms with van der Waals surface area (Å²) < 4.78 is 46.6. The van der Waals surface area contributed by atoms with Gasteiger partial charge in [0.2, 0.25) is 0 Å². The van der Waals surface area contributed by atoms with Crippen molar-refractivity contribution in [1.29, 1.82) is 0 Å². The van der Waals surface area contributed by atoms with E-state index in [9.17, 15) is 13.2 Å². The first-order valence-electron chi connectivity index (χ1n) is 10.5. The van der Waals surface area contributed by atoms with Crippen LogP contribution in [0.3, 0.4) is 0 Å². The maximum atomic E-state index is 13.8. The summed E-state index contributed by atoms with van der Waals surface area (Å²) >= 11 is 1.87. The average Bonchev–Trinajstić information content (AvgIpc) is 3.19. The molecule has 0 aromatic heterocycles. The summed E-state index contributed by atoms with van der Waals surface area (Å²) in [5.74, 6) is 0.578. The number of hydrogen-bond donors (Lipinski definition) is 2. The van der Waals surface area contributed by atoms with E-state index >= 15 is 0 Å². The summed E-state index contributed by atoms with van der Waals surface area (Å²) in [4.78, 5) is 6.40. The summed E-state index contributed by atoms with van der Waals surface area (Å²) in [6, 6.07) is 4.87. The molecule has 1 aliphatic heterocycles. The molecule has 1 heterocycles. The highest BCUT2D eigenvalue weighted by Gasteiger charge is 2.34. The van der Waals surface area contributed by atoms with E-state index in [-0.39, 0.29) is 12.1 Å². The number of guanidine groups is 1. The second kappa shape index (κ2) is 10.6. The standard InChI is InChI=1S/C21H31F3N4OS/c1-3-25-20(27-16-5-7-18(12-16)30-2)26-14-15-4-6-17(13-19(15)21(22,23)24)28-8-10-29-11-9-28/h4,6,13,16,18H,3,5,7-12,14H2,1-2H3,(H2,25,26,27). The molecule has 3 rings (SSSR count). The van der Waals surface area contributed by atoms with Crippen molar-refractivity contribution in [2.24, 2.45) is 4.99 Å². The molecule has 9 heteroatoms. The number of nitrogens with one attached hydrogen (secondary N) is 2. The molecule has 1 saturated carbocycles. The SMILES string of the molecule is CCNC(=NCc1ccc(N2CCOCC2)cc1C(F)(F)F)NC1CCC(SC)C1. The molecule has 30 heavy (non-hydrogen) atoms. The normalized spacial score (nSPS) is 23.0. The van der Waals surface area contributed by atoms with Crippen LogP contribution in [-0.2, 0) is 17.5 Å². The third-order valence-electron chi connectivity index (χ3n) is 5.59. The fourth-order valence-electron chi connectivity index (χ4n) is 3.95. The molecule has 0 spiro atoms. The number of hydrogen-bond acceptors (Lipinski definition) is 4. The predicted octanol–water partition coefficient (Wildman–Crippen LogP) is 3.88. The average molecular weight is 445 g/mol. The van der Waals surface area contributed by atoms with Crippen LogP contribution < -0.4 is 15.5 Å². The molecule has 1 saturated heterocycles. The largest absolute Gasteiger partial charge is 0.416 e. The monoisotopic (exact) mass is 444 g/mol. The van der Waals surface area contributed by atoms with Crippen LogP contribution >= 0.6 is 11.8 Å². The predicted molar refractivity (Wildman–Crippen MR) is 117 cm³/mol. The van der Waals surface area contributed by atoms with E-state index in [4.69, 9.17) is 4.74 Å². The minimum Gasteiger partial charge on any atom is -0.378 e. The highest BCUT2D eigenvalue weighted by atomic mass is 32.2. The van der Waals surface area contributed by atoms with Crippen LogP contribution in [0.4, 0.5) is 18.9 Å². The highest BCUT2D eigenvalue weighted by Crippen LogP contribution is 2.35. The minimum absolute atomic E-state index is 0.0216. The van der Waals surface area contributed by atoms with Gasteiger partial charge in [-0.15, -0.1) is 0 Å². The molecule has 5 nitrogen and oxygen atoms in total. The third kappa shape index (κ3) is 6.20. The van der Waals surface area contributed by atoms with Crippen LogP contribution in [0.15, 0.2) is 23.2 Å². The maximum Gasteiger partial charge on any atom is 0.416 e. The molecule has 0 amide bonds. The van der Waals surface area contributed by atoms with Gasteiger partial charge in [0.05, 0.1) is 25.3 Å². The minimum atomic E-state index is -4.42. The Balaban J connectivity index is 1.75. The van der Waals surface area contributed by atoms with Crippen molar-refractivity contribution in [2.75, 3.05) is 44.0 Å². The van der Waals surface area contributed by atoms with Gasteiger partial charge < -0.3 is 20.3 Å². The Kier molecular flexibility index (Phi) is 8.16. The molecule has 2 unspecified atom stereocenters. The number of aliphatic imine (C=N–C) groups is 1. The topological polar surface area (TPSA) is 48.9 Å². The molecular formula is C21H31F3N4OS. The van der Waals surface area contributed by atoms with Crippen molar-refractivity contribution in [3.8, 4) is 0 Å². The number of rotatable bonds is 6. The third-order valence-corrected chi connectivity index (χ3v) is 6.68. The van der Waals surface area contributed by atoms with E-state index in [1.165, 1.54) is 6.07 Å². The maximum absolute atomic E-state index is 13.8. The van der Waals surface area contributed by atoms with Gasteiger partial charge in [0, 0.05) is 36.6 Å². The molecule has 0 radical (unpaired) electrons. The van der Waals surface area contributed by atoms with Crippen LogP contribution in [0.2, 0.25) is 0 Å². The molecule has 1 aromatic rings. The van der Waals surface area contributed by atoms with Gasteiger partial charge in [0.1, 0.15) is 0 Å². The second-order valence-corrected chi connectivity index (χ2v) is 8.78. The number of halogens is 3. The van der Waals surface area contributed by atoms with Gasteiger partial charge in [-0.25, -0.2) is 4.99 Å². The first-order valence-corrected chi connectivity index (χ1v) is 11.8. The van der Waals surface area contributed by atoms with Crippen molar-refractivity contribution < 1.29 is 17.9 Å². The van der Waals surface area contributed by atoms with Crippen LogP contribution in [0.1, 0.15) is 37.3 Å². The van der Waals surface area contributed by atoms with Crippen molar-refractivity contribution in [3.05, 3.63) is 29.3 Å². The molecule has 2 aliphatic rings. The van der Waals surface area contributed by atoms with Crippen LogP contribution in [0.5, 0.6) is 0 Å². The lowest BCUT2D eigenvalue weighted by molar-refractivity contribution is -0.138. The Morgan fingerprint density at radius 2 is 2.03 bits per heavy atom. The number of morpholine rings is 1. The summed E-state index contributed by atoms with van der Waals surface area (Å²) in [6.45, 7) is 4.85. The van der Waals surface area contributed by atoms with Gasteiger partial charge in [-0.2, -0.15) is 24.9 Å². The number of nitrogens with zero attached hydrogens (tertiary/aromatic N) is 2. The molecule has 2 N–H and O–H groups in total. The fraction of sp³-hybridized carbons (Fsp3) is 0.667. The van der Waals surface area contributed by atoms with Crippen molar-refractivity contribution in [3.63, 3.8) is 0 Å². The van der Waals surface area contributed by atoms with Gasteiger partial charge in [0.15, 0.2) is 5.96 Å². The Morgan fingerprint density at radius 1 is 1.27 bits per heavy atom. The lowest BCUT2D eigenvalue weighted by atomic mass is 10.1. The Bertz CT molecular complexity index is 723. The molecular weight excluding hydrogens is 413 g/mol. The molecule has 168 valence electrons. The van der Waals surface area contributed by atoms with Crippen LogP contribution in [-0.4, -0.2) is 56.4 Å². The van der Waals surface area contributed by atoms with E-state index in [2.05, 4.69) is 21.9 Å². The van der Waals surface area contributed by atoms with Gasteiger partial charge in [-0.1, -0.05) is 6.07 Å². The molecule has 2 fully saturated rings. The molecule has 2 atom stereocenters. The van der Waals surface area contributed by atoms with Gasteiger partial charge >= 0.3 is 6.18 Å². The van der Waals surface area contributed by atoms with Crippen molar-refractivity contribution in [2.45, 2.75) is 50.2 Å². The number of alkyl halides is 3. The van der Waals surface area contributed by atoms with Crippen molar-refractivity contribution >= 4 is 23.4 Å². The smallest absolute Gasteiger partial charge is 0.378 e. The Morgan fingerprint density at radius 3 is 2.67 bits per heavy atom. The summed E-state index contributed by atoms with van der Waals surface area (Å²) in [5.41, 5.74) is 0.150. The number of thioether (sulfide) groups is 1. The van der Waals surface area contributed by atoms with Crippen LogP contribution in [0, 0.1) is 0 Å². The first kappa shape index (κ1) is 23.1. The van der Waals surface area contributed by atoms with Gasteiger partial charge in [-0.05, 0) is 50.1 Å². The Labute approximate surface area is 180 Å². The lowest BCUT2D eigenvalue weighted by Crippen LogP contribution is -2.42. The van der Waals surface area contributed by atoms with E-state index < -0.39 is 11.7 Å². The Hall–Kier alpha value is -1.61. The first-order chi connectivity index (χ1) is 14.4. The van der Waals surface area contributed by atoms with Gasteiger partial charge in [-0.3, -0.25) is 0 Å². The van der Waals surface area contributed by atoms with E-state index in [0.29, 0.717) is 55.8 Å². The fourth-order valence-corrected chi connectivity index (χ4v) is 4.74. The zero-order chi connectivity index (χ0) is 21.6. The van der Waals surface area contributed by atoms with Gasteiger partial charge in [0.25, 0.3) is 0 Å². The summed E-state index contributed by atoms with van der Waals surface area (Å²) in [6.07, 6.45) is 0.951. The van der Waals surface area contributed by atoms with Crippen LogP contribution in [0.25, 0.3) is 0 Å². The second-order valence-electron chi connectivity index (χ2n) is 7.65. The quantitative estimate of drug-likeness (QED) is 0.515. The zero-order valence-electron chi connectivity index (χ0n) is 17.6. The number of benzene rings is 1. The molecule has 1 aliphatic carbocycles. The number of ether oxygens (including phenoxy) is 1. The van der Waals surface area contributed by atoms with E-state index in [0.717, 1.165) is 19.3 Å². The number of anilines is 1. The highest BCUT2D eigenvalue weighted by molar-refractivity contribution is 7.99. The zero-order valence-corrected chi connectivity index (χ0v) is 18.4. The van der Waals surface area contributed by atoms with E-state index in [1.807, 2.05) is 23.6 Å². The molecule has 1 aromatic carbocycles.